The summed E-state index contributed by atoms with van der Waals surface area (Å²) in [6, 6.07) is 0. The molecule has 0 heterocycles. The first-order valence-electron chi connectivity index (χ1n) is 6.11. The molecule has 4 aliphatic rings. The zero-order valence-electron chi connectivity index (χ0n) is 8.78. The van der Waals surface area contributed by atoms with Crippen molar-refractivity contribution < 1.29 is 5.11 Å². The van der Waals surface area contributed by atoms with Gasteiger partial charge in [0.15, 0.2) is 0 Å². The molecule has 0 radical (unpaired) electrons. The molecule has 0 aromatic rings. The Labute approximate surface area is 85.9 Å². The minimum Gasteiger partial charge on any atom is -0.396 e. The van der Waals surface area contributed by atoms with Crippen LogP contribution in [0.4, 0.5) is 0 Å². The van der Waals surface area contributed by atoms with Gasteiger partial charge < -0.3 is 10.8 Å². The average Bonchev–Trinajstić information content (AvgIpc) is 2.09. The molecule has 3 N–H and O–H groups in total. The van der Waals surface area contributed by atoms with Crippen LogP contribution in [0.15, 0.2) is 0 Å². The predicted octanol–water partition coefficient (Wildman–Crippen LogP) is 1.52. The van der Waals surface area contributed by atoms with Gasteiger partial charge in [-0.2, -0.15) is 0 Å². The maximum absolute atomic E-state index is 9.11. The molecule has 0 saturated heterocycles. The van der Waals surface area contributed by atoms with Gasteiger partial charge in [-0.3, -0.25) is 0 Å². The quantitative estimate of drug-likeness (QED) is 0.702. The number of nitrogens with two attached hydrogens (primary N) is 1. The maximum atomic E-state index is 9.11. The third-order valence-corrected chi connectivity index (χ3v) is 5.02. The van der Waals surface area contributed by atoms with Crippen molar-refractivity contribution >= 4 is 0 Å². The molecule has 4 aliphatic carbocycles. The van der Waals surface area contributed by atoms with Crippen LogP contribution in [-0.2, 0) is 0 Å². The Kier molecular flexibility index (Phi) is 1.94. The zero-order chi connectivity index (χ0) is 9.76. The maximum Gasteiger partial charge on any atom is 0.0434 e. The van der Waals surface area contributed by atoms with Crippen LogP contribution in [0.25, 0.3) is 0 Å². The summed E-state index contributed by atoms with van der Waals surface area (Å²) in [4.78, 5) is 0. The summed E-state index contributed by atoms with van der Waals surface area (Å²) in [5, 5.41) is 9.11. The van der Waals surface area contributed by atoms with E-state index in [4.69, 9.17) is 10.8 Å². The fraction of sp³-hybridized carbons (Fsp3) is 1.00. The normalized spacial score (nSPS) is 55.3. The standard InChI is InChI=1S/C12H21NO/c13-12-6-8-3-9(7-12)5-10(4-8)11(12)1-2-14/h8-11,14H,1-7,13H2. The number of rotatable bonds is 2. The molecule has 2 heteroatoms. The Morgan fingerprint density at radius 2 is 1.79 bits per heavy atom. The van der Waals surface area contributed by atoms with Crippen molar-refractivity contribution in [1.82, 2.24) is 0 Å². The Morgan fingerprint density at radius 1 is 1.14 bits per heavy atom. The molecule has 4 rings (SSSR count). The molecule has 3 atom stereocenters. The van der Waals surface area contributed by atoms with Crippen molar-refractivity contribution in [1.29, 1.82) is 0 Å². The molecule has 4 saturated carbocycles. The number of hydrogen-bond donors (Lipinski definition) is 2. The van der Waals surface area contributed by atoms with E-state index in [9.17, 15) is 0 Å². The summed E-state index contributed by atoms with van der Waals surface area (Å²) in [7, 11) is 0. The Hall–Kier alpha value is -0.0800. The van der Waals surface area contributed by atoms with Crippen LogP contribution >= 0.6 is 0 Å². The summed E-state index contributed by atoms with van der Waals surface area (Å²) in [6.45, 7) is 0.329. The Bertz CT molecular complexity index is 226. The molecule has 14 heavy (non-hydrogen) atoms. The van der Waals surface area contributed by atoms with Crippen LogP contribution in [0.1, 0.15) is 38.5 Å². The average molecular weight is 195 g/mol. The third-order valence-electron chi connectivity index (χ3n) is 5.02. The molecular formula is C12H21NO. The summed E-state index contributed by atoms with van der Waals surface area (Å²) in [6.07, 6.45) is 7.68. The first-order chi connectivity index (χ1) is 6.71. The molecule has 3 unspecified atom stereocenters. The van der Waals surface area contributed by atoms with Gasteiger partial charge in [0.2, 0.25) is 0 Å². The van der Waals surface area contributed by atoms with Crippen LogP contribution in [0.5, 0.6) is 0 Å². The van der Waals surface area contributed by atoms with Crippen LogP contribution < -0.4 is 5.73 Å². The highest BCUT2D eigenvalue weighted by atomic mass is 16.3. The molecule has 0 aromatic heterocycles. The van der Waals surface area contributed by atoms with Gasteiger partial charge in [-0.15, -0.1) is 0 Å². The summed E-state index contributed by atoms with van der Waals surface area (Å²) in [5.41, 5.74) is 6.65. The summed E-state index contributed by atoms with van der Waals surface area (Å²) >= 11 is 0. The van der Waals surface area contributed by atoms with Crippen LogP contribution in [0, 0.1) is 23.7 Å². The Morgan fingerprint density at radius 3 is 2.29 bits per heavy atom. The van der Waals surface area contributed by atoms with Crippen LogP contribution in [0.2, 0.25) is 0 Å². The molecule has 2 nitrogen and oxygen atoms in total. The second kappa shape index (κ2) is 2.96. The summed E-state index contributed by atoms with van der Waals surface area (Å²) in [5.74, 6) is 3.32. The predicted molar refractivity (Wildman–Crippen MR) is 55.7 cm³/mol. The van der Waals surface area contributed by atoms with E-state index in [1.54, 1.807) is 0 Å². The zero-order valence-corrected chi connectivity index (χ0v) is 8.78. The van der Waals surface area contributed by atoms with Gasteiger partial charge in [-0.05, 0) is 62.2 Å². The lowest BCUT2D eigenvalue weighted by molar-refractivity contribution is -0.0629. The van der Waals surface area contributed by atoms with Crippen molar-refractivity contribution in [3.8, 4) is 0 Å². The third kappa shape index (κ3) is 1.17. The highest BCUT2D eigenvalue weighted by molar-refractivity contribution is 5.09. The number of hydrogen-bond acceptors (Lipinski definition) is 2. The molecule has 0 spiro atoms. The van der Waals surface area contributed by atoms with E-state index in [0.29, 0.717) is 12.5 Å². The minimum absolute atomic E-state index is 0.109. The smallest absolute Gasteiger partial charge is 0.0434 e. The van der Waals surface area contributed by atoms with Gasteiger partial charge in [-0.1, -0.05) is 0 Å². The van der Waals surface area contributed by atoms with E-state index >= 15 is 0 Å². The van der Waals surface area contributed by atoms with E-state index in [1.165, 1.54) is 32.1 Å². The van der Waals surface area contributed by atoms with Crippen molar-refractivity contribution in [2.45, 2.75) is 44.1 Å². The van der Waals surface area contributed by atoms with E-state index in [-0.39, 0.29) is 5.54 Å². The SMILES string of the molecule is NC12CC3CC(CC(C3)C1CCO)C2. The molecule has 0 amide bonds. The van der Waals surface area contributed by atoms with E-state index in [1.807, 2.05) is 0 Å². The molecule has 4 bridgehead atoms. The van der Waals surface area contributed by atoms with Crippen molar-refractivity contribution in [2.24, 2.45) is 29.4 Å². The van der Waals surface area contributed by atoms with Gasteiger partial charge in [0.05, 0.1) is 0 Å². The minimum atomic E-state index is 0.109. The van der Waals surface area contributed by atoms with Gasteiger partial charge in [0.25, 0.3) is 0 Å². The first-order valence-corrected chi connectivity index (χ1v) is 6.11. The van der Waals surface area contributed by atoms with Crippen molar-refractivity contribution in [3.63, 3.8) is 0 Å². The first kappa shape index (κ1) is 9.17. The van der Waals surface area contributed by atoms with Crippen LogP contribution in [-0.4, -0.2) is 17.3 Å². The topological polar surface area (TPSA) is 46.2 Å². The lowest BCUT2D eigenvalue weighted by Gasteiger charge is -2.60. The lowest BCUT2D eigenvalue weighted by Crippen LogP contribution is -2.62. The molecule has 4 fully saturated rings. The molecular weight excluding hydrogens is 174 g/mol. The van der Waals surface area contributed by atoms with E-state index in [0.717, 1.165) is 24.2 Å². The lowest BCUT2D eigenvalue weighted by atomic mass is 9.48. The highest BCUT2D eigenvalue weighted by Crippen LogP contribution is 2.58. The summed E-state index contributed by atoms with van der Waals surface area (Å²) < 4.78 is 0. The molecule has 0 aliphatic heterocycles. The largest absolute Gasteiger partial charge is 0.396 e. The fourth-order valence-electron chi connectivity index (χ4n) is 4.87. The van der Waals surface area contributed by atoms with Gasteiger partial charge in [-0.25, -0.2) is 0 Å². The number of aliphatic hydroxyl groups excluding tert-OH is 1. The molecule has 0 aromatic carbocycles. The van der Waals surface area contributed by atoms with Crippen molar-refractivity contribution in [2.75, 3.05) is 6.61 Å². The van der Waals surface area contributed by atoms with Gasteiger partial charge >= 0.3 is 0 Å². The number of aliphatic hydroxyl groups is 1. The molecule has 80 valence electrons. The second-order valence-corrected chi connectivity index (χ2v) is 5.96. The van der Waals surface area contributed by atoms with E-state index in [2.05, 4.69) is 0 Å². The van der Waals surface area contributed by atoms with Crippen molar-refractivity contribution in [3.05, 3.63) is 0 Å². The van der Waals surface area contributed by atoms with E-state index < -0.39 is 0 Å². The fourth-order valence-corrected chi connectivity index (χ4v) is 4.87. The monoisotopic (exact) mass is 195 g/mol. The van der Waals surface area contributed by atoms with Crippen LogP contribution in [0.3, 0.4) is 0 Å². The highest BCUT2D eigenvalue weighted by Gasteiger charge is 2.54. The van der Waals surface area contributed by atoms with Gasteiger partial charge in [0, 0.05) is 12.1 Å². The van der Waals surface area contributed by atoms with Gasteiger partial charge in [0.1, 0.15) is 0 Å². The second-order valence-electron chi connectivity index (χ2n) is 5.96. The Balaban J connectivity index is 1.86.